The molecule has 4 rings (SSSR count). The second-order valence-corrected chi connectivity index (χ2v) is 7.62. The third-order valence-electron chi connectivity index (χ3n) is 5.18. The SMILES string of the molecule is CC(=O)NC1CCCCC1N(N)c1nc(-c2c[nH]c3ncc(Cl)cc23)ncc1F. The molecular formula is C19H21ClFN7O. The third-order valence-corrected chi connectivity index (χ3v) is 5.39. The van der Waals surface area contributed by atoms with Crippen LogP contribution < -0.4 is 16.2 Å². The molecule has 3 heterocycles. The van der Waals surface area contributed by atoms with Crippen LogP contribution in [0.4, 0.5) is 10.2 Å². The van der Waals surface area contributed by atoms with Gasteiger partial charge in [0, 0.05) is 30.3 Å². The van der Waals surface area contributed by atoms with Crippen LogP contribution in [0.15, 0.2) is 24.7 Å². The van der Waals surface area contributed by atoms with E-state index in [4.69, 9.17) is 17.4 Å². The molecule has 10 heteroatoms. The molecule has 0 aliphatic heterocycles. The zero-order valence-corrected chi connectivity index (χ0v) is 16.6. The molecule has 1 amide bonds. The van der Waals surface area contributed by atoms with Crippen molar-refractivity contribution in [1.82, 2.24) is 25.3 Å². The van der Waals surface area contributed by atoms with Gasteiger partial charge in [-0.05, 0) is 18.9 Å². The Morgan fingerprint density at radius 3 is 2.93 bits per heavy atom. The molecule has 0 bridgehead atoms. The maximum Gasteiger partial charge on any atom is 0.217 e. The number of hydrazine groups is 1. The van der Waals surface area contributed by atoms with Gasteiger partial charge < -0.3 is 10.3 Å². The fourth-order valence-corrected chi connectivity index (χ4v) is 4.02. The number of amides is 1. The first kappa shape index (κ1) is 19.5. The summed E-state index contributed by atoms with van der Waals surface area (Å²) in [6.45, 7) is 1.46. The van der Waals surface area contributed by atoms with E-state index in [1.54, 1.807) is 12.3 Å². The monoisotopic (exact) mass is 417 g/mol. The standard InChI is InChI=1S/C19H21ClFN7O/c1-10(29)26-15-4-2-3-5-16(15)28(22)19-14(21)9-25-18(27-19)13-8-24-17-12(13)6-11(20)7-23-17/h6-9,15-16H,2-5,22H2,1H3,(H,23,24)(H,26,29). The highest BCUT2D eigenvalue weighted by Crippen LogP contribution is 2.30. The van der Waals surface area contributed by atoms with Gasteiger partial charge in [-0.2, -0.15) is 0 Å². The highest BCUT2D eigenvalue weighted by Gasteiger charge is 2.32. The van der Waals surface area contributed by atoms with Crippen molar-refractivity contribution in [2.75, 3.05) is 5.01 Å². The molecule has 29 heavy (non-hydrogen) atoms. The number of aromatic amines is 1. The summed E-state index contributed by atoms with van der Waals surface area (Å²) in [5.41, 5.74) is 1.27. The maximum absolute atomic E-state index is 14.6. The van der Waals surface area contributed by atoms with Crippen molar-refractivity contribution >= 4 is 34.4 Å². The van der Waals surface area contributed by atoms with E-state index >= 15 is 0 Å². The molecule has 8 nitrogen and oxygen atoms in total. The summed E-state index contributed by atoms with van der Waals surface area (Å²) in [6.07, 6.45) is 7.78. The Bertz CT molecular complexity index is 1060. The molecular weight excluding hydrogens is 397 g/mol. The second kappa shape index (κ2) is 7.92. The Labute approximate surface area is 171 Å². The van der Waals surface area contributed by atoms with Crippen LogP contribution in [0.1, 0.15) is 32.6 Å². The van der Waals surface area contributed by atoms with Crippen LogP contribution in [0.2, 0.25) is 5.02 Å². The predicted molar refractivity (Wildman–Crippen MR) is 109 cm³/mol. The van der Waals surface area contributed by atoms with Crippen molar-refractivity contribution in [3.05, 3.63) is 35.5 Å². The fourth-order valence-electron chi connectivity index (χ4n) is 3.86. The van der Waals surface area contributed by atoms with E-state index in [9.17, 15) is 9.18 Å². The van der Waals surface area contributed by atoms with Crippen LogP contribution in [-0.4, -0.2) is 37.9 Å². The topological polar surface area (TPSA) is 113 Å². The van der Waals surface area contributed by atoms with Crippen molar-refractivity contribution in [2.24, 2.45) is 5.84 Å². The maximum atomic E-state index is 14.6. The molecule has 3 aromatic heterocycles. The van der Waals surface area contributed by atoms with E-state index in [1.165, 1.54) is 18.1 Å². The number of pyridine rings is 1. The van der Waals surface area contributed by atoms with E-state index < -0.39 is 5.82 Å². The van der Waals surface area contributed by atoms with Crippen LogP contribution in [0.3, 0.4) is 0 Å². The Hall–Kier alpha value is -2.78. The molecule has 1 fully saturated rings. The first-order valence-corrected chi connectivity index (χ1v) is 9.78. The van der Waals surface area contributed by atoms with E-state index in [0.717, 1.165) is 37.3 Å². The molecule has 4 N–H and O–H groups in total. The zero-order chi connectivity index (χ0) is 20.5. The molecule has 2 unspecified atom stereocenters. The quantitative estimate of drug-likeness (QED) is 0.444. The van der Waals surface area contributed by atoms with E-state index in [0.29, 0.717) is 22.1 Å². The molecule has 1 saturated carbocycles. The summed E-state index contributed by atoms with van der Waals surface area (Å²) in [5.74, 6) is 5.84. The number of aromatic nitrogens is 4. The lowest BCUT2D eigenvalue weighted by atomic mass is 9.89. The Kier molecular flexibility index (Phi) is 5.33. The lowest BCUT2D eigenvalue weighted by Crippen LogP contribution is -2.56. The van der Waals surface area contributed by atoms with Crippen molar-refractivity contribution in [3.63, 3.8) is 0 Å². The highest BCUT2D eigenvalue weighted by molar-refractivity contribution is 6.31. The third kappa shape index (κ3) is 3.88. The predicted octanol–water partition coefficient (Wildman–Crippen LogP) is 2.94. The molecule has 1 aliphatic carbocycles. The van der Waals surface area contributed by atoms with Gasteiger partial charge in [-0.15, -0.1) is 0 Å². The summed E-state index contributed by atoms with van der Waals surface area (Å²) in [5, 5.41) is 5.44. The van der Waals surface area contributed by atoms with Crippen LogP contribution in [0.25, 0.3) is 22.4 Å². The second-order valence-electron chi connectivity index (χ2n) is 7.18. The lowest BCUT2D eigenvalue weighted by Gasteiger charge is -2.38. The van der Waals surface area contributed by atoms with Crippen molar-refractivity contribution in [3.8, 4) is 11.4 Å². The average molecular weight is 418 g/mol. The number of hydrogen-bond donors (Lipinski definition) is 3. The molecule has 0 aromatic carbocycles. The van der Waals surface area contributed by atoms with Crippen LogP contribution >= 0.6 is 11.6 Å². The van der Waals surface area contributed by atoms with E-state index in [2.05, 4.69) is 25.3 Å². The van der Waals surface area contributed by atoms with E-state index in [1.807, 2.05) is 0 Å². The molecule has 2 atom stereocenters. The van der Waals surface area contributed by atoms with Crippen LogP contribution in [-0.2, 0) is 4.79 Å². The molecule has 0 saturated heterocycles. The fraction of sp³-hybridized carbons (Fsp3) is 0.368. The van der Waals surface area contributed by atoms with Gasteiger partial charge in [-0.25, -0.2) is 25.2 Å². The van der Waals surface area contributed by atoms with Gasteiger partial charge >= 0.3 is 0 Å². The van der Waals surface area contributed by atoms with Crippen LogP contribution in [0, 0.1) is 5.82 Å². The van der Waals surface area contributed by atoms with Crippen molar-refractivity contribution in [2.45, 2.75) is 44.7 Å². The minimum Gasteiger partial charge on any atom is -0.351 e. The first-order valence-electron chi connectivity index (χ1n) is 9.40. The number of hydrogen-bond acceptors (Lipinski definition) is 6. The highest BCUT2D eigenvalue weighted by atomic mass is 35.5. The summed E-state index contributed by atoms with van der Waals surface area (Å²) in [4.78, 5) is 27.3. The number of carbonyl (C=O) groups excluding carboxylic acids is 1. The number of rotatable bonds is 4. The summed E-state index contributed by atoms with van der Waals surface area (Å²) in [6, 6.07) is 1.32. The molecule has 152 valence electrons. The summed E-state index contributed by atoms with van der Waals surface area (Å²) >= 11 is 6.06. The van der Waals surface area contributed by atoms with Gasteiger partial charge in [0.05, 0.1) is 23.3 Å². The number of carbonyl (C=O) groups is 1. The molecule has 3 aromatic rings. The Morgan fingerprint density at radius 1 is 1.34 bits per heavy atom. The zero-order valence-electron chi connectivity index (χ0n) is 15.8. The van der Waals surface area contributed by atoms with Gasteiger partial charge in [0.2, 0.25) is 5.91 Å². The van der Waals surface area contributed by atoms with Gasteiger partial charge in [-0.3, -0.25) is 9.80 Å². The van der Waals surface area contributed by atoms with Crippen molar-refractivity contribution < 1.29 is 9.18 Å². The number of fused-ring (bicyclic) bond motifs is 1. The summed E-state index contributed by atoms with van der Waals surface area (Å²) < 4.78 is 14.6. The van der Waals surface area contributed by atoms with Gasteiger partial charge in [0.1, 0.15) is 5.65 Å². The molecule has 0 spiro atoms. The molecule has 0 radical (unpaired) electrons. The average Bonchev–Trinajstić information content (AvgIpc) is 3.11. The molecule has 1 aliphatic rings. The van der Waals surface area contributed by atoms with E-state index in [-0.39, 0.29) is 23.8 Å². The Morgan fingerprint density at radius 2 is 2.14 bits per heavy atom. The van der Waals surface area contributed by atoms with Gasteiger partial charge in [0.15, 0.2) is 17.5 Å². The van der Waals surface area contributed by atoms with Crippen LogP contribution in [0.5, 0.6) is 0 Å². The largest absolute Gasteiger partial charge is 0.351 e. The van der Waals surface area contributed by atoms with Gasteiger partial charge in [0.25, 0.3) is 0 Å². The number of nitrogens with two attached hydrogens (primary N) is 1. The number of H-pyrrole nitrogens is 1. The lowest BCUT2D eigenvalue weighted by molar-refractivity contribution is -0.120. The Balaban J connectivity index is 1.71. The number of anilines is 1. The smallest absolute Gasteiger partial charge is 0.217 e. The number of nitrogens with zero attached hydrogens (tertiary/aromatic N) is 4. The summed E-state index contributed by atoms with van der Waals surface area (Å²) in [7, 11) is 0. The normalized spacial score (nSPS) is 19.3. The first-order chi connectivity index (χ1) is 13.9. The number of nitrogens with one attached hydrogen (secondary N) is 2. The minimum absolute atomic E-state index is 0.0124. The minimum atomic E-state index is -0.626. The number of halogens is 2. The van der Waals surface area contributed by atoms with Crippen molar-refractivity contribution in [1.29, 1.82) is 0 Å². The van der Waals surface area contributed by atoms with Gasteiger partial charge in [-0.1, -0.05) is 24.4 Å².